The highest BCUT2D eigenvalue weighted by Gasteiger charge is 2.42. The van der Waals surface area contributed by atoms with Gasteiger partial charge in [-0.1, -0.05) is 25.4 Å². The first kappa shape index (κ1) is 11.2. The van der Waals surface area contributed by atoms with E-state index in [1.807, 2.05) is 0 Å². The molecule has 94 valence electrons. The fourth-order valence-electron chi connectivity index (χ4n) is 3.38. The second-order valence-electron chi connectivity index (χ2n) is 6.04. The van der Waals surface area contributed by atoms with Gasteiger partial charge in [-0.2, -0.15) is 4.98 Å². The Bertz CT molecular complexity index is 401. The molecular weight excluding hydrogens is 214 g/mol. The van der Waals surface area contributed by atoms with E-state index in [0.717, 1.165) is 17.7 Å². The number of hydrogen-bond donors (Lipinski definition) is 1. The molecule has 0 spiro atoms. The van der Waals surface area contributed by atoms with Gasteiger partial charge in [0.1, 0.15) is 0 Å². The van der Waals surface area contributed by atoms with Crippen molar-refractivity contribution >= 4 is 0 Å². The first-order valence-electron chi connectivity index (χ1n) is 6.74. The average molecular weight is 235 g/mol. The molecule has 1 heterocycles. The Morgan fingerprint density at radius 3 is 2.71 bits per heavy atom. The van der Waals surface area contributed by atoms with Crippen LogP contribution in [0.4, 0.5) is 0 Å². The molecule has 2 aliphatic carbocycles. The van der Waals surface area contributed by atoms with Crippen LogP contribution in [-0.2, 0) is 0 Å². The summed E-state index contributed by atoms with van der Waals surface area (Å²) in [6.07, 6.45) is 5.36. The van der Waals surface area contributed by atoms with E-state index in [-0.39, 0.29) is 6.04 Å². The van der Waals surface area contributed by atoms with E-state index in [1.54, 1.807) is 0 Å². The molecule has 1 aromatic heterocycles. The van der Waals surface area contributed by atoms with Gasteiger partial charge in [0.25, 0.3) is 0 Å². The lowest BCUT2D eigenvalue weighted by molar-refractivity contribution is 0.316. The Morgan fingerprint density at radius 1 is 1.29 bits per heavy atom. The van der Waals surface area contributed by atoms with Crippen LogP contribution in [0.2, 0.25) is 0 Å². The van der Waals surface area contributed by atoms with Crippen molar-refractivity contribution in [3.63, 3.8) is 0 Å². The van der Waals surface area contributed by atoms with E-state index >= 15 is 0 Å². The lowest BCUT2D eigenvalue weighted by atomic mass is 9.88. The quantitative estimate of drug-likeness (QED) is 0.874. The third-order valence-corrected chi connectivity index (χ3v) is 4.53. The van der Waals surface area contributed by atoms with E-state index in [0.29, 0.717) is 17.7 Å². The monoisotopic (exact) mass is 235 g/mol. The molecule has 4 heteroatoms. The third-order valence-electron chi connectivity index (χ3n) is 4.53. The Labute approximate surface area is 102 Å². The summed E-state index contributed by atoms with van der Waals surface area (Å²) in [5, 5.41) is 4.15. The van der Waals surface area contributed by atoms with Gasteiger partial charge in [0.05, 0.1) is 6.04 Å². The maximum atomic E-state index is 6.03. The highest BCUT2D eigenvalue weighted by molar-refractivity contribution is 5.07. The summed E-state index contributed by atoms with van der Waals surface area (Å²) < 4.78 is 5.32. The average Bonchev–Trinajstić information content (AvgIpc) is 3.02. The number of rotatable bonds is 3. The molecule has 4 atom stereocenters. The molecule has 4 nitrogen and oxygen atoms in total. The van der Waals surface area contributed by atoms with Gasteiger partial charge in [-0.15, -0.1) is 0 Å². The summed E-state index contributed by atoms with van der Waals surface area (Å²) >= 11 is 0. The molecule has 1 aromatic rings. The van der Waals surface area contributed by atoms with Gasteiger partial charge in [-0.3, -0.25) is 0 Å². The topological polar surface area (TPSA) is 64.9 Å². The molecule has 3 rings (SSSR count). The Morgan fingerprint density at radius 2 is 2.12 bits per heavy atom. The van der Waals surface area contributed by atoms with E-state index in [2.05, 4.69) is 24.0 Å². The van der Waals surface area contributed by atoms with Gasteiger partial charge in [-0.05, 0) is 37.0 Å². The fraction of sp³-hybridized carbons (Fsp3) is 0.846. The predicted molar refractivity (Wildman–Crippen MR) is 64.3 cm³/mol. The van der Waals surface area contributed by atoms with Crippen molar-refractivity contribution in [2.24, 2.45) is 23.5 Å². The van der Waals surface area contributed by atoms with Gasteiger partial charge < -0.3 is 10.3 Å². The molecule has 0 amide bonds. The zero-order valence-electron chi connectivity index (χ0n) is 10.6. The van der Waals surface area contributed by atoms with E-state index in [9.17, 15) is 0 Å². The minimum atomic E-state index is -0.130. The maximum Gasteiger partial charge on any atom is 0.243 e. The van der Waals surface area contributed by atoms with Crippen molar-refractivity contribution in [2.45, 2.75) is 51.5 Å². The molecule has 17 heavy (non-hydrogen) atoms. The van der Waals surface area contributed by atoms with Crippen molar-refractivity contribution in [1.82, 2.24) is 10.1 Å². The molecule has 2 saturated carbocycles. The minimum Gasteiger partial charge on any atom is -0.338 e. The summed E-state index contributed by atoms with van der Waals surface area (Å²) in [5.74, 6) is 4.08. The number of fused-ring (bicyclic) bond motifs is 2. The predicted octanol–water partition coefficient (Wildman–Crippen LogP) is 2.63. The van der Waals surface area contributed by atoms with Crippen LogP contribution in [0.15, 0.2) is 4.52 Å². The van der Waals surface area contributed by atoms with Crippen LogP contribution >= 0.6 is 0 Å². The molecule has 2 bridgehead atoms. The standard InChI is InChI=1S/C13H21N3O/c1-7(2)11(14)13-15-12(16-17-13)10-6-8-3-4-9(10)5-8/h7-11H,3-6,14H2,1-2H3/t8?,9?,10?,11-/m0/s1. The molecule has 2 N–H and O–H groups in total. The molecule has 0 saturated heterocycles. The van der Waals surface area contributed by atoms with Crippen molar-refractivity contribution in [2.75, 3.05) is 0 Å². The zero-order chi connectivity index (χ0) is 12.0. The van der Waals surface area contributed by atoms with Crippen LogP contribution in [0.25, 0.3) is 0 Å². The van der Waals surface area contributed by atoms with Crippen LogP contribution in [0.3, 0.4) is 0 Å². The normalized spacial score (nSPS) is 33.5. The zero-order valence-corrected chi connectivity index (χ0v) is 10.6. The Kier molecular flexibility index (Phi) is 2.69. The molecule has 0 aliphatic heterocycles. The summed E-state index contributed by atoms with van der Waals surface area (Å²) in [5.41, 5.74) is 6.03. The summed E-state index contributed by atoms with van der Waals surface area (Å²) in [6, 6.07) is -0.130. The first-order chi connectivity index (χ1) is 8.15. The SMILES string of the molecule is CC(C)[C@H](N)c1nc(C2CC3CCC2C3)no1. The van der Waals surface area contributed by atoms with E-state index in [4.69, 9.17) is 10.3 Å². The maximum absolute atomic E-state index is 6.03. The number of nitrogens with zero attached hydrogens (tertiary/aromatic N) is 2. The third kappa shape index (κ3) is 1.88. The number of nitrogens with two attached hydrogens (primary N) is 1. The van der Waals surface area contributed by atoms with Crippen molar-refractivity contribution < 1.29 is 4.52 Å². The van der Waals surface area contributed by atoms with Crippen LogP contribution < -0.4 is 5.73 Å². The van der Waals surface area contributed by atoms with Crippen LogP contribution in [0, 0.1) is 17.8 Å². The smallest absolute Gasteiger partial charge is 0.243 e. The molecule has 2 aliphatic rings. The van der Waals surface area contributed by atoms with Crippen molar-refractivity contribution in [1.29, 1.82) is 0 Å². The van der Waals surface area contributed by atoms with Crippen molar-refractivity contribution in [3.8, 4) is 0 Å². The van der Waals surface area contributed by atoms with Gasteiger partial charge in [0.15, 0.2) is 5.82 Å². The van der Waals surface area contributed by atoms with Gasteiger partial charge in [0.2, 0.25) is 5.89 Å². The van der Waals surface area contributed by atoms with Gasteiger partial charge >= 0.3 is 0 Å². The Hall–Kier alpha value is -0.900. The highest BCUT2D eigenvalue weighted by atomic mass is 16.5. The first-order valence-corrected chi connectivity index (χ1v) is 6.74. The second kappa shape index (κ2) is 4.09. The van der Waals surface area contributed by atoms with Crippen LogP contribution in [-0.4, -0.2) is 10.1 Å². The lowest BCUT2D eigenvalue weighted by Gasteiger charge is -2.17. The highest BCUT2D eigenvalue weighted by Crippen LogP contribution is 2.52. The molecule has 2 fully saturated rings. The lowest BCUT2D eigenvalue weighted by Crippen LogP contribution is -2.17. The van der Waals surface area contributed by atoms with Gasteiger partial charge in [-0.25, -0.2) is 0 Å². The number of hydrogen-bond acceptors (Lipinski definition) is 4. The van der Waals surface area contributed by atoms with E-state index in [1.165, 1.54) is 25.7 Å². The summed E-state index contributed by atoms with van der Waals surface area (Å²) in [6.45, 7) is 4.15. The van der Waals surface area contributed by atoms with Crippen LogP contribution in [0.5, 0.6) is 0 Å². The molecule has 0 aromatic carbocycles. The molecular formula is C13H21N3O. The van der Waals surface area contributed by atoms with Crippen molar-refractivity contribution in [3.05, 3.63) is 11.7 Å². The van der Waals surface area contributed by atoms with Gasteiger partial charge in [0, 0.05) is 5.92 Å². The second-order valence-corrected chi connectivity index (χ2v) is 6.04. The Balaban J connectivity index is 1.77. The minimum absolute atomic E-state index is 0.130. The largest absolute Gasteiger partial charge is 0.338 e. The molecule has 3 unspecified atom stereocenters. The summed E-state index contributed by atoms with van der Waals surface area (Å²) in [7, 11) is 0. The fourth-order valence-corrected chi connectivity index (χ4v) is 3.38. The molecule has 0 radical (unpaired) electrons. The summed E-state index contributed by atoms with van der Waals surface area (Å²) in [4.78, 5) is 4.53. The van der Waals surface area contributed by atoms with Crippen LogP contribution in [0.1, 0.15) is 63.2 Å². The van der Waals surface area contributed by atoms with E-state index < -0.39 is 0 Å². The number of aromatic nitrogens is 2.